The SMILES string of the molecule is O=C(CCCOc1ccc2ccccc2c1)N1CCc2[nH]nc(-c3cccc(Cl)c3)c2C1. The van der Waals surface area contributed by atoms with Crippen LogP contribution in [0.25, 0.3) is 22.0 Å². The number of nitrogens with zero attached hydrogens (tertiary/aromatic N) is 2. The number of halogens is 1. The van der Waals surface area contributed by atoms with Crippen molar-refractivity contribution in [1.29, 1.82) is 0 Å². The lowest BCUT2D eigenvalue weighted by Crippen LogP contribution is -2.36. The summed E-state index contributed by atoms with van der Waals surface area (Å²) in [6.45, 7) is 1.79. The molecule has 0 atom stereocenters. The molecule has 32 heavy (non-hydrogen) atoms. The van der Waals surface area contributed by atoms with E-state index in [4.69, 9.17) is 16.3 Å². The molecule has 0 bridgehead atoms. The lowest BCUT2D eigenvalue weighted by atomic mass is 10.0. The average Bonchev–Trinajstić information content (AvgIpc) is 3.25. The van der Waals surface area contributed by atoms with Crippen molar-refractivity contribution in [2.45, 2.75) is 25.8 Å². The van der Waals surface area contributed by atoms with Crippen molar-refractivity contribution >= 4 is 28.3 Å². The van der Waals surface area contributed by atoms with Crippen LogP contribution in [0.4, 0.5) is 0 Å². The molecule has 4 aromatic rings. The van der Waals surface area contributed by atoms with Gasteiger partial charge in [0, 0.05) is 47.8 Å². The average molecular weight is 446 g/mol. The molecule has 0 fully saturated rings. The number of aromatic amines is 1. The summed E-state index contributed by atoms with van der Waals surface area (Å²) in [5, 5.41) is 10.6. The normalized spacial score (nSPS) is 13.2. The quantitative estimate of drug-likeness (QED) is 0.391. The van der Waals surface area contributed by atoms with Crippen molar-refractivity contribution in [3.8, 4) is 17.0 Å². The number of H-pyrrole nitrogens is 1. The van der Waals surface area contributed by atoms with Gasteiger partial charge in [-0.2, -0.15) is 5.10 Å². The van der Waals surface area contributed by atoms with Crippen LogP contribution in [-0.2, 0) is 17.8 Å². The van der Waals surface area contributed by atoms with Crippen molar-refractivity contribution in [2.75, 3.05) is 13.2 Å². The Balaban J connectivity index is 1.17. The maximum Gasteiger partial charge on any atom is 0.223 e. The van der Waals surface area contributed by atoms with Crippen molar-refractivity contribution in [2.24, 2.45) is 0 Å². The van der Waals surface area contributed by atoms with E-state index in [1.165, 1.54) is 5.39 Å². The van der Waals surface area contributed by atoms with Crippen LogP contribution >= 0.6 is 11.6 Å². The van der Waals surface area contributed by atoms with E-state index in [1.807, 2.05) is 53.4 Å². The molecule has 1 aromatic heterocycles. The molecule has 162 valence electrons. The molecule has 0 saturated carbocycles. The maximum absolute atomic E-state index is 12.8. The first-order chi connectivity index (χ1) is 15.7. The van der Waals surface area contributed by atoms with Gasteiger partial charge in [0.1, 0.15) is 5.75 Å². The molecular formula is C26H24ClN3O2. The summed E-state index contributed by atoms with van der Waals surface area (Å²) >= 11 is 6.15. The summed E-state index contributed by atoms with van der Waals surface area (Å²) in [6.07, 6.45) is 1.93. The highest BCUT2D eigenvalue weighted by Crippen LogP contribution is 2.30. The molecule has 0 aliphatic carbocycles. The van der Waals surface area contributed by atoms with Crippen molar-refractivity contribution in [3.05, 3.63) is 83.0 Å². The van der Waals surface area contributed by atoms with Crippen molar-refractivity contribution < 1.29 is 9.53 Å². The number of carbonyl (C=O) groups is 1. The third-order valence-corrected chi connectivity index (χ3v) is 6.14. The fourth-order valence-corrected chi connectivity index (χ4v) is 4.40. The van der Waals surface area contributed by atoms with Gasteiger partial charge in [-0.3, -0.25) is 9.89 Å². The van der Waals surface area contributed by atoms with Gasteiger partial charge in [0.05, 0.1) is 12.3 Å². The highest BCUT2D eigenvalue weighted by Gasteiger charge is 2.25. The number of carbonyl (C=O) groups excluding carboxylic acids is 1. The predicted molar refractivity (Wildman–Crippen MR) is 127 cm³/mol. The molecule has 3 aromatic carbocycles. The Bertz CT molecular complexity index is 1270. The van der Waals surface area contributed by atoms with E-state index >= 15 is 0 Å². The van der Waals surface area contributed by atoms with Crippen LogP contribution < -0.4 is 4.74 Å². The van der Waals surface area contributed by atoms with E-state index in [-0.39, 0.29) is 5.91 Å². The second-order valence-electron chi connectivity index (χ2n) is 8.07. The van der Waals surface area contributed by atoms with Crippen LogP contribution in [0.1, 0.15) is 24.1 Å². The van der Waals surface area contributed by atoms with Gasteiger partial charge in [-0.1, -0.05) is 54.1 Å². The van der Waals surface area contributed by atoms with Gasteiger partial charge in [-0.15, -0.1) is 0 Å². The highest BCUT2D eigenvalue weighted by atomic mass is 35.5. The van der Waals surface area contributed by atoms with Gasteiger partial charge in [0.2, 0.25) is 5.91 Å². The molecule has 1 N–H and O–H groups in total. The van der Waals surface area contributed by atoms with Gasteiger partial charge >= 0.3 is 0 Å². The second kappa shape index (κ2) is 9.05. The zero-order valence-electron chi connectivity index (χ0n) is 17.7. The molecule has 1 aliphatic heterocycles. The van der Waals surface area contributed by atoms with Crippen LogP contribution in [0.3, 0.4) is 0 Å². The van der Waals surface area contributed by atoms with Crippen LogP contribution in [0, 0.1) is 0 Å². The lowest BCUT2D eigenvalue weighted by Gasteiger charge is -2.27. The Labute approximate surface area is 192 Å². The topological polar surface area (TPSA) is 58.2 Å². The molecule has 6 heteroatoms. The Morgan fingerprint density at radius 1 is 1.06 bits per heavy atom. The predicted octanol–water partition coefficient (Wildman–Crippen LogP) is 5.63. The standard InChI is InChI=1S/C26H24ClN3O2/c27-21-8-3-7-20(15-21)26-23-17-30(13-12-24(23)28-29-26)25(31)9-4-14-32-22-11-10-18-5-1-2-6-19(18)16-22/h1-3,5-8,10-11,15-16H,4,9,12-14,17H2,(H,28,29). The van der Waals surface area contributed by atoms with Crippen LogP contribution in [0.5, 0.6) is 5.75 Å². The van der Waals surface area contributed by atoms with Crippen molar-refractivity contribution in [3.63, 3.8) is 0 Å². The number of amides is 1. The van der Waals surface area contributed by atoms with E-state index in [1.54, 1.807) is 0 Å². The maximum atomic E-state index is 12.8. The Morgan fingerprint density at radius 3 is 2.81 bits per heavy atom. The first-order valence-corrected chi connectivity index (χ1v) is 11.3. The smallest absolute Gasteiger partial charge is 0.223 e. The number of benzene rings is 3. The van der Waals surface area contributed by atoms with Gasteiger partial charge in [0.15, 0.2) is 0 Å². The van der Waals surface area contributed by atoms with E-state index in [0.29, 0.717) is 37.6 Å². The third kappa shape index (κ3) is 4.34. The number of ether oxygens (including phenoxy) is 1. The zero-order chi connectivity index (χ0) is 21.9. The fraction of sp³-hybridized carbons (Fsp3) is 0.231. The molecule has 5 rings (SSSR count). The minimum atomic E-state index is 0.149. The number of nitrogens with one attached hydrogen (secondary N) is 1. The van der Waals surface area contributed by atoms with E-state index in [9.17, 15) is 4.79 Å². The number of hydrogen-bond acceptors (Lipinski definition) is 3. The minimum Gasteiger partial charge on any atom is -0.494 e. The molecule has 2 heterocycles. The number of hydrogen-bond donors (Lipinski definition) is 1. The summed E-state index contributed by atoms with van der Waals surface area (Å²) in [4.78, 5) is 14.8. The first-order valence-electron chi connectivity index (χ1n) is 10.9. The molecule has 0 unspecified atom stereocenters. The van der Waals surface area contributed by atoms with Crippen LogP contribution in [0.15, 0.2) is 66.7 Å². The summed E-state index contributed by atoms with van der Waals surface area (Å²) < 4.78 is 5.89. The molecule has 0 radical (unpaired) electrons. The summed E-state index contributed by atoms with van der Waals surface area (Å²) in [7, 11) is 0. The summed E-state index contributed by atoms with van der Waals surface area (Å²) in [5.41, 5.74) is 4.02. The number of fused-ring (bicyclic) bond motifs is 2. The van der Waals surface area contributed by atoms with Crippen LogP contribution in [-0.4, -0.2) is 34.2 Å². The third-order valence-electron chi connectivity index (χ3n) is 5.91. The molecule has 5 nitrogen and oxygen atoms in total. The van der Waals surface area contributed by atoms with E-state index in [2.05, 4.69) is 28.4 Å². The van der Waals surface area contributed by atoms with Gasteiger partial charge in [-0.25, -0.2) is 0 Å². The summed E-state index contributed by atoms with van der Waals surface area (Å²) in [6, 6.07) is 21.9. The molecule has 0 saturated heterocycles. The van der Waals surface area contributed by atoms with Gasteiger partial charge in [0.25, 0.3) is 0 Å². The Hall–Kier alpha value is -3.31. The summed E-state index contributed by atoms with van der Waals surface area (Å²) in [5.74, 6) is 0.985. The zero-order valence-corrected chi connectivity index (χ0v) is 18.4. The first kappa shape index (κ1) is 20.6. The number of aromatic nitrogens is 2. The van der Waals surface area contributed by atoms with E-state index < -0.39 is 0 Å². The largest absolute Gasteiger partial charge is 0.494 e. The van der Waals surface area contributed by atoms with Crippen LogP contribution in [0.2, 0.25) is 5.02 Å². The monoisotopic (exact) mass is 445 g/mol. The second-order valence-corrected chi connectivity index (χ2v) is 8.50. The van der Waals surface area contributed by atoms with Gasteiger partial charge < -0.3 is 9.64 Å². The molecule has 1 amide bonds. The van der Waals surface area contributed by atoms with Gasteiger partial charge in [-0.05, 0) is 41.5 Å². The Morgan fingerprint density at radius 2 is 1.94 bits per heavy atom. The highest BCUT2D eigenvalue weighted by molar-refractivity contribution is 6.30. The molecule has 0 spiro atoms. The number of rotatable bonds is 6. The Kier molecular flexibility index (Phi) is 5.82. The fourth-order valence-electron chi connectivity index (χ4n) is 4.21. The van der Waals surface area contributed by atoms with E-state index in [0.717, 1.165) is 40.1 Å². The minimum absolute atomic E-state index is 0.149. The molecular weight excluding hydrogens is 422 g/mol. The molecule has 1 aliphatic rings. The van der Waals surface area contributed by atoms with Crippen molar-refractivity contribution in [1.82, 2.24) is 15.1 Å². The lowest BCUT2D eigenvalue weighted by molar-refractivity contribution is -0.132.